The van der Waals surface area contributed by atoms with Crippen LogP contribution in [0.5, 0.6) is 0 Å². The first-order chi connectivity index (χ1) is 16.9. The third-order valence-corrected chi connectivity index (χ3v) is 7.05. The van der Waals surface area contributed by atoms with E-state index in [-0.39, 0.29) is 43.6 Å². The lowest BCUT2D eigenvalue weighted by molar-refractivity contribution is -0.144. The summed E-state index contributed by atoms with van der Waals surface area (Å²) in [7, 11) is 0. The van der Waals surface area contributed by atoms with E-state index in [2.05, 4.69) is 34.9 Å². The Kier molecular flexibility index (Phi) is 7.70. The number of nitrogens with one attached hydrogen (secondary N) is 2. The third kappa shape index (κ3) is 5.48. The lowest BCUT2D eigenvalue weighted by atomic mass is 9.97. The number of hydrogen-bond acceptors (Lipinski definition) is 5. The summed E-state index contributed by atoms with van der Waals surface area (Å²) < 4.78 is 11.2. The molecule has 1 aliphatic carbocycles. The van der Waals surface area contributed by atoms with E-state index in [0.717, 1.165) is 11.1 Å². The SMILES string of the molecule is CCC(C)[C@H](NC(=O)[C@@H]1CO[C@H](CNC(=O)OCC2c3ccccc3-c3ccccc32)C1)C(=O)O. The van der Waals surface area contributed by atoms with Gasteiger partial charge in [-0.25, -0.2) is 9.59 Å². The number of ether oxygens (including phenoxy) is 2. The molecular weight excluding hydrogens is 448 g/mol. The Morgan fingerprint density at radius 1 is 1.09 bits per heavy atom. The first-order valence-electron chi connectivity index (χ1n) is 12.1. The first-order valence-corrected chi connectivity index (χ1v) is 12.1. The van der Waals surface area contributed by atoms with Crippen molar-refractivity contribution in [3.05, 3.63) is 59.7 Å². The molecule has 0 spiro atoms. The Hall–Kier alpha value is -3.39. The molecule has 0 bridgehead atoms. The quantitative estimate of drug-likeness (QED) is 0.506. The molecule has 186 valence electrons. The standard InChI is InChI=1S/C27H32N2O6/c1-3-16(2)24(26(31)32)29-25(30)17-12-18(34-14-17)13-28-27(33)35-15-23-21-10-6-4-8-19(21)20-9-5-7-11-22(20)23/h4-11,16-18,23-24H,3,12-15H2,1-2H3,(H,28,33)(H,29,30)(H,31,32)/t16?,17-,18-,24-/m0/s1. The van der Waals surface area contributed by atoms with Crippen LogP contribution in [0.15, 0.2) is 48.5 Å². The molecule has 1 saturated heterocycles. The van der Waals surface area contributed by atoms with Crippen LogP contribution in [0.25, 0.3) is 11.1 Å². The van der Waals surface area contributed by atoms with Crippen LogP contribution in [-0.4, -0.2) is 55.0 Å². The number of rotatable bonds is 9. The summed E-state index contributed by atoms with van der Waals surface area (Å²) in [5.41, 5.74) is 4.62. The molecule has 0 radical (unpaired) electrons. The number of aliphatic carboxylic acids is 1. The lowest BCUT2D eigenvalue weighted by Crippen LogP contribution is -2.47. The molecule has 4 rings (SSSR count). The smallest absolute Gasteiger partial charge is 0.407 e. The van der Waals surface area contributed by atoms with Crippen molar-refractivity contribution < 1.29 is 29.0 Å². The monoisotopic (exact) mass is 480 g/mol. The summed E-state index contributed by atoms with van der Waals surface area (Å²) in [5, 5.41) is 14.8. The number of alkyl carbamates (subject to hydrolysis) is 1. The summed E-state index contributed by atoms with van der Waals surface area (Å²) in [6.45, 7) is 4.31. The van der Waals surface area contributed by atoms with Gasteiger partial charge < -0.3 is 25.2 Å². The second-order valence-corrected chi connectivity index (χ2v) is 9.30. The molecule has 8 heteroatoms. The maximum absolute atomic E-state index is 12.5. The third-order valence-electron chi connectivity index (χ3n) is 7.05. The van der Waals surface area contributed by atoms with Crippen molar-refractivity contribution in [1.29, 1.82) is 0 Å². The van der Waals surface area contributed by atoms with Crippen LogP contribution in [0.4, 0.5) is 4.79 Å². The topological polar surface area (TPSA) is 114 Å². The van der Waals surface area contributed by atoms with Crippen molar-refractivity contribution in [1.82, 2.24) is 10.6 Å². The number of carboxylic acids is 1. The second kappa shape index (κ2) is 10.9. The predicted molar refractivity (Wildman–Crippen MR) is 130 cm³/mol. The van der Waals surface area contributed by atoms with E-state index in [1.165, 1.54) is 11.1 Å². The van der Waals surface area contributed by atoms with Crippen LogP contribution in [0.2, 0.25) is 0 Å². The Morgan fingerprint density at radius 2 is 1.71 bits per heavy atom. The van der Waals surface area contributed by atoms with Crippen LogP contribution in [0, 0.1) is 11.8 Å². The Bertz CT molecular complexity index is 1040. The zero-order valence-corrected chi connectivity index (χ0v) is 20.0. The van der Waals surface area contributed by atoms with Crippen molar-refractivity contribution in [2.45, 2.75) is 44.8 Å². The molecule has 1 aliphatic heterocycles. The van der Waals surface area contributed by atoms with E-state index in [9.17, 15) is 19.5 Å². The maximum atomic E-state index is 12.5. The van der Waals surface area contributed by atoms with Crippen LogP contribution in [0.1, 0.15) is 43.7 Å². The highest BCUT2D eigenvalue weighted by Crippen LogP contribution is 2.44. The average molecular weight is 481 g/mol. The molecule has 1 unspecified atom stereocenters. The molecule has 2 aliphatic rings. The Labute approximate surface area is 205 Å². The van der Waals surface area contributed by atoms with Gasteiger partial charge in [-0.3, -0.25) is 4.79 Å². The van der Waals surface area contributed by atoms with E-state index in [1.54, 1.807) is 6.92 Å². The molecule has 1 fully saturated rings. The van der Waals surface area contributed by atoms with Crippen molar-refractivity contribution in [3.63, 3.8) is 0 Å². The molecule has 2 amide bonds. The fourth-order valence-electron chi connectivity index (χ4n) is 4.83. The van der Waals surface area contributed by atoms with Gasteiger partial charge in [-0.2, -0.15) is 0 Å². The van der Waals surface area contributed by atoms with Gasteiger partial charge in [-0.05, 0) is 34.6 Å². The predicted octanol–water partition coefficient (Wildman–Crippen LogP) is 3.55. The number of carbonyl (C=O) groups excluding carboxylic acids is 2. The van der Waals surface area contributed by atoms with Crippen LogP contribution < -0.4 is 10.6 Å². The van der Waals surface area contributed by atoms with Gasteiger partial charge in [-0.15, -0.1) is 0 Å². The fourth-order valence-corrected chi connectivity index (χ4v) is 4.83. The van der Waals surface area contributed by atoms with Gasteiger partial charge in [0.15, 0.2) is 0 Å². The van der Waals surface area contributed by atoms with Gasteiger partial charge >= 0.3 is 12.1 Å². The summed E-state index contributed by atoms with van der Waals surface area (Å²) in [4.78, 5) is 36.4. The van der Waals surface area contributed by atoms with Gasteiger partial charge in [0.1, 0.15) is 12.6 Å². The van der Waals surface area contributed by atoms with Crippen molar-refractivity contribution in [2.75, 3.05) is 19.8 Å². The number of fused-ring (bicyclic) bond motifs is 3. The highest BCUT2D eigenvalue weighted by Gasteiger charge is 2.35. The Balaban J connectivity index is 1.24. The number of carbonyl (C=O) groups is 3. The van der Waals surface area contributed by atoms with Gasteiger partial charge in [0.2, 0.25) is 5.91 Å². The van der Waals surface area contributed by atoms with Crippen molar-refractivity contribution in [3.8, 4) is 11.1 Å². The Morgan fingerprint density at radius 3 is 2.31 bits per heavy atom. The highest BCUT2D eigenvalue weighted by atomic mass is 16.5. The summed E-state index contributed by atoms with van der Waals surface area (Å²) in [5.74, 6) is -2.02. The summed E-state index contributed by atoms with van der Waals surface area (Å²) in [6, 6.07) is 15.4. The molecule has 4 atom stereocenters. The minimum Gasteiger partial charge on any atom is -0.480 e. The molecular formula is C27H32N2O6. The van der Waals surface area contributed by atoms with Crippen LogP contribution in [0.3, 0.4) is 0 Å². The van der Waals surface area contributed by atoms with Gasteiger partial charge in [0.05, 0.1) is 18.6 Å². The molecule has 0 aromatic heterocycles. The van der Waals surface area contributed by atoms with Gasteiger partial charge in [0, 0.05) is 12.5 Å². The molecule has 35 heavy (non-hydrogen) atoms. The van der Waals surface area contributed by atoms with E-state index < -0.39 is 24.0 Å². The van der Waals surface area contributed by atoms with Crippen LogP contribution in [-0.2, 0) is 19.1 Å². The normalized spacial score (nSPS) is 20.4. The van der Waals surface area contributed by atoms with Crippen molar-refractivity contribution in [2.24, 2.45) is 11.8 Å². The highest BCUT2D eigenvalue weighted by molar-refractivity contribution is 5.85. The van der Waals surface area contributed by atoms with Gasteiger partial charge in [-0.1, -0.05) is 68.8 Å². The zero-order chi connectivity index (χ0) is 24.9. The summed E-state index contributed by atoms with van der Waals surface area (Å²) >= 11 is 0. The number of carboxylic acid groups (broad SMARTS) is 1. The molecule has 2 aromatic rings. The molecule has 3 N–H and O–H groups in total. The molecule has 1 heterocycles. The lowest BCUT2D eigenvalue weighted by Gasteiger charge is -2.21. The zero-order valence-electron chi connectivity index (χ0n) is 20.0. The maximum Gasteiger partial charge on any atom is 0.407 e. The fraction of sp³-hybridized carbons (Fsp3) is 0.444. The van der Waals surface area contributed by atoms with Crippen LogP contribution >= 0.6 is 0 Å². The van der Waals surface area contributed by atoms with E-state index in [4.69, 9.17) is 9.47 Å². The number of amides is 2. The largest absolute Gasteiger partial charge is 0.480 e. The molecule has 8 nitrogen and oxygen atoms in total. The van der Waals surface area contributed by atoms with E-state index in [1.807, 2.05) is 31.2 Å². The minimum atomic E-state index is -1.04. The average Bonchev–Trinajstić information content (AvgIpc) is 3.47. The van der Waals surface area contributed by atoms with E-state index >= 15 is 0 Å². The minimum absolute atomic E-state index is 0.0170. The summed E-state index contributed by atoms with van der Waals surface area (Å²) in [6.07, 6.45) is 0.178. The number of benzene rings is 2. The number of hydrogen-bond donors (Lipinski definition) is 3. The molecule has 2 aromatic carbocycles. The molecule has 0 saturated carbocycles. The second-order valence-electron chi connectivity index (χ2n) is 9.30. The van der Waals surface area contributed by atoms with Gasteiger partial charge in [0.25, 0.3) is 0 Å². The van der Waals surface area contributed by atoms with E-state index in [0.29, 0.717) is 12.8 Å². The van der Waals surface area contributed by atoms with Crippen molar-refractivity contribution >= 4 is 18.0 Å². The first kappa shape index (κ1) is 24.7.